The number of nitrogens with zero attached hydrogens (tertiary/aromatic N) is 5. The van der Waals surface area contributed by atoms with Crippen molar-refractivity contribution in [3.63, 3.8) is 0 Å². The zero-order chi connectivity index (χ0) is 36.7. The maximum absolute atomic E-state index is 15.7. The Bertz CT molecular complexity index is 1770. The standard InChI is InChI=1S/C35H39F3N8O4S/c1-21(29(42-31(47)28-20-40-44-51-28)33(49)46-15-13-45(2)14-16-46)24-11-12-27(26(36)18-24)41-32(48)30(23-8-4-3-5-9-23)43-34(50)35(37,38)25-10-6-7-22(17-25)19-39/h6-7,10-12,17-18,20-21,23,29-30H,3-5,8-9,13-16H2,1-2H3,(H,41,48)(H,42,47)(H,43,50)/t21-,29+,30?/m0/s1. The number of halogens is 3. The number of hydrogen-bond acceptors (Lipinski definition) is 9. The lowest BCUT2D eigenvalue weighted by Crippen LogP contribution is -2.55. The van der Waals surface area contributed by atoms with E-state index in [0.717, 1.165) is 49.0 Å². The highest BCUT2D eigenvalue weighted by molar-refractivity contribution is 7.07. The zero-order valence-electron chi connectivity index (χ0n) is 28.2. The van der Waals surface area contributed by atoms with Gasteiger partial charge in [-0.1, -0.05) is 48.9 Å². The second kappa shape index (κ2) is 16.4. The van der Waals surface area contributed by atoms with Crippen LogP contribution in [0.25, 0.3) is 0 Å². The van der Waals surface area contributed by atoms with Gasteiger partial charge in [-0.25, -0.2) is 4.39 Å². The van der Waals surface area contributed by atoms with Gasteiger partial charge in [0.25, 0.3) is 11.8 Å². The molecule has 270 valence electrons. The molecule has 5 rings (SSSR count). The van der Waals surface area contributed by atoms with E-state index in [-0.39, 0.29) is 22.0 Å². The van der Waals surface area contributed by atoms with Gasteiger partial charge < -0.3 is 25.8 Å². The number of aromatic nitrogens is 2. The van der Waals surface area contributed by atoms with Crippen molar-refractivity contribution in [2.45, 2.75) is 63.0 Å². The smallest absolute Gasteiger partial charge is 0.339 e. The van der Waals surface area contributed by atoms with Gasteiger partial charge in [0.2, 0.25) is 11.8 Å². The van der Waals surface area contributed by atoms with Gasteiger partial charge >= 0.3 is 5.92 Å². The molecule has 1 saturated carbocycles. The van der Waals surface area contributed by atoms with Crippen LogP contribution in [0.1, 0.15) is 71.3 Å². The fourth-order valence-electron chi connectivity index (χ4n) is 6.43. The molecule has 3 aromatic rings. The number of nitrogens with one attached hydrogen (secondary N) is 3. The average molecular weight is 725 g/mol. The Labute approximate surface area is 297 Å². The zero-order valence-corrected chi connectivity index (χ0v) is 29.0. The molecule has 0 radical (unpaired) electrons. The number of alkyl halides is 2. The molecule has 2 aliphatic rings. The highest BCUT2D eigenvalue weighted by atomic mass is 32.1. The number of carbonyl (C=O) groups is 4. The topological polar surface area (TPSA) is 160 Å². The van der Waals surface area contributed by atoms with Gasteiger partial charge in [0.1, 0.15) is 22.8 Å². The first-order valence-electron chi connectivity index (χ1n) is 16.7. The van der Waals surface area contributed by atoms with Gasteiger partial charge in [-0.2, -0.15) is 14.0 Å². The summed E-state index contributed by atoms with van der Waals surface area (Å²) in [5, 5.41) is 20.3. The molecule has 2 fully saturated rings. The van der Waals surface area contributed by atoms with Gasteiger partial charge in [-0.15, -0.1) is 5.10 Å². The molecule has 2 heterocycles. The van der Waals surface area contributed by atoms with Crippen molar-refractivity contribution in [1.29, 1.82) is 5.26 Å². The summed E-state index contributed by atoms with van der Waals surface area (Å²) in [5.74, 6) is -9.53. The van der Waals surface area contributed by atoms with E-state index in [1.54, 1.807) is 17.9 Å². The maximum atomic E-state index is 15.7. The fourth-order valence-corrected chi connectivity index (χ4v) is 6.85. The molecule has 12 nitrogen and oxygen atoms in total. The Morgan fingerprint density at radius 3 is 2.39 bits per heavy atom. The van der Waals surface area contributed by atoms with Crippen molar-refractivity contribution in [2.24, 2.45) is 5.92 Å². The quantitative estimate of drug-likeness (QED) is 0.268. The van der Waals surface area contributed by atoms with Crippen LogP contribution in [0.4, 0.5) is 18.9 Å². The van der Waals surface area contributed by atoms with Crippen molar-refractivity contribution in [3.8, 4) is 6.07 Å². The molecule has 1 aromatic heterocycles. The highest BCUT2D eigenvalue weighted by Crippen LogP contribution is 2.32. The summed E-state index contributed by atoms with van der Waals surface area (Å²) in [4.78, 5) is 57.3. The molecule has 0 bridgehead atoms. The molecule has 1 aliphatic carbocycles. The summed E-state index contributed by atoms with van der Waals surface area (Å²) in [6.45, 7) is 3.88. The number of carbonyl (C=O) groups excluding carboxylic acids is 4. The van der Waals surface area contributed by atoms with E-state index in [2.05, 4.69) is 30.4 Å². The normalized spacial score (nSPS) is 17.5. The van der Waals surface area contributed by atoms with Gasteiger partial charge in [0.05, 0.1) is 23.5 Å². The minimum Gasteiger partial charge on any atom is -0.339 e. The summed E-state index contributed by atoms with van der Waals surface area (Å²) in [7, 11) is 1.95. The summed E-state index contributed by atoms with van der Waals surface area (Å²) < 4.78 is 50.0. The Morgan fingerprint density at radius 2 is 1.75 bits per heavy atom. The molecule has 4 amide bonds. The third-order valence-electron chi connectivity index (χ3n) is 9.56. The molecule has 1 unspecified atom stereocenters. The lowest BCUT2D eigenvalue weighted by Gasteiger charge is -2.36. The minimum absolute atomic E-state index is 0.0516. The lowest BCUT2D eigenvalue weighted by atomic mass is 9.83. The molecule has 3 N–H and O–H groups in total. The number of amides is 4. The number of piperazine rings is 1. The van der Waals surface area contributed by atoms with Gasteiger partial charge in [0.15, 0.2) is 0 Å². The molecule has 51 heavy (non-hydrogen) atoms. The second-order valence-corrected chi connectivity index (χ2v) is 13.8. The van der Waals surface area contributed by atoms with Crippen LogP contribution in [0.5, 0.6) is 0 Å². The van der Waals surface area contributed by atoms with Crippen LogP contribution in [-0.2, 0) is 20.3 Å². The monoisotopic (exact) mass is 724 g/mol. The van der Waals surface area contributed by atoms with E-state index >= 15 is 13.2 Å². The minimum atomic E-state index is -4.05. The van der Waals surface area contributed by atoms with E-state index < -0.39 is 58.9 Å². The number of rotatable bonds is 11. The second-order valence-electron chi connectivity index (χ2n) is 13.0. The predicted molar refractivity (Wildman–Crippen MR) is 182 cm³/mol. The molecule has 3 atom stereocenters. The number of hydrogen-bond donors (Lipinski definition) is 3. The Kier molecular flexibility index (Phi) is 12.0. The molecule has 16 heteroatoms. The van der Waals surface area contributed by atoms with Crippen LogP contribution in [0, 0.1) is 23.1 Å². The molecular weight excluding hydrogens is 685 g/mol. The van der Waals surface area contributed by atoms with E-state index in [9.17, 15) is 19.2 Å². The van der Waals surface area contributed by atoms with Crippen molar-refractivity contribution >= 4 is 40.8 Å². The highest BCUT2D eigenvalue weighted by Gasteiger charge is 2.44. The van der Waals surface area contributed by atoms with Crippen molar-refractivity contribution < 1.29 is 32.3 Å². The van der Waals surface area contributed by atoms with Crippen LogP contribution in [-0.4, -0.2) is 88.3 Å². The van der Waals surface area contributed by atoms with E-state index in [1.165, 1.54) is 30.5 Å². The molecule has 1 saturated heterocycles. The third-order valence-corrected chi connectivity index (χ3v) is 10.2. The number of anilines is 1. The Morgan fingerprint density at radius 1 is 1.02 bits per heavy atom. The first-order chi connectivity index (χ1) is 24.4. The van der Waals surface area contributed by atoms with E-state index in [4.69, 9.17) is 5.26 Å². The van der Waals surface area contributed by atoms with Gasteiger partial charge in [-0.3, -0.25) is 19.2 Å². The average Bonchev–Trinajstić information content (AvgIpc) is 3.69. The van der Waals surface area contributed by atoms with Crippen LogP contribution in [0.2, 0.25) is 0 Å². The number of nitriles is 1. The predicted octanol–water partition coefficient (Wildman–Crippen LogP) is 4.02. The molecule has 1 aliphatic heterocycles. The summed E-state index contributed by atoms with van der Waals surface area (Å²) in [5.41, 5.74) is -0.635. The Hall–Kier alpha value is -4.88. The van der Waals surface area contributed by atoms with Crippen molar-refractivity contribution in [1.82, 2.24) is 30.0 Å². The van der Waals surface area contributed by atoms with E-state index in [1.807, 2.05) is 7.05 Å². The van der Waals surface area contributed by atoms with Crippen molar-refractivity contribution in [2.75, 3.05) is 38.5 Å². The number of benzene rings is 2. The first-order valence-corrected chi connectivity index (χ1v) is 17.5. The van der Waals surface area contributed by atoms with Gasteiger partial charge in [-0.05, 0) is 67.2 Å². The van der Waals surface area contributed by atoms with E-state index in [0.29, 0.717) is 44.6 Å². The molecule has 0 spiro atoms. The SMILES string of the molecule is C[C@@H](c1ccc(NC(=O)C(NC(=O)C(F)(F)c2cccc(C#N)c2)C2CCCCC2)c(F)c1)[C@@H](NC(=O)c1cnns1)C(=O)N1CCN(C)CC1. The third kappa shape index (κ3) is 8.89. The number of likely N-dealkylation sites (N-methyl/N-ethyl adjacent to an activating group) is 1. The van der Waals surface area contributed by atoms with Crippen LogP contribution in [0.3, 0.4) is 0 Å². The van der Waals surface area contributed by atoms with Gasteiger partial charge in [0, 0.05) is 37.7 Å². The lowest BCUT2D eigenvalue weighted by molar-refractivity contribution is -0.149. The van der Waals surface area contributed by atoms with Crippen molar-refractivity contribution in [3.05, 3.63) is 76.0 Å². The van der Waals surface area contributed by atoms with Crippen LogP contribution in [0.15, 0.2) is 48.7 Å². The largest absolute Gasteiger partial charge is 0.349 e. The summed E-state index contributed by atoms with van der Waals surface area (Å²) in [6.07, 6.45) is 4.64. The summed E-state index contributed by atoms with van der Waals surface area (Å²) in [6, 6.07) is 7.79. The molecule has 2 aromatic carbocycles. The van der Waals surface area contributed by atoms with Crippen LogP contribution < -0.4 is 16.0 Å². The summed E-state index contributed by atoms with van der Waals surface area (Å²) >= 11 is 0.871. The maximum Gasteiger partial charge on any atom is 0.349 e. The molecular formula is C35H39F3N8O4S. The van der Waals surface area contributed by atoms with Crippen LogP contribution >= 0.6 is 11.5 Å². The Balaban J connectivity index is 1.34. The first kappa shape index (κ1) is 37.4. The fraction of sp³-hybridized carbons (Fsp3) is 0.457.